The second-order valence-corrected chi connectivity index (χ2v) is 5.80. The molecule has 2 N–H and O–H groups in total. The SMILES string of the molecule is C/C1=C\[C@H]2OC(=O)[C@H](C)[C@@H]2C[C@H](O)/C(C)=C/[C@@H](O)C1. The second kappa shape index (κ2) is 5.47. The minimum absolute atomic E-state index is 0.00366. The minimum Gasteiger partial charge on any atom is -0.458 e. The first-order valence-corrected chi connectivity index (χ1v) is 6.80. The van der Waals surface area contributed by atoms with Crippen molar-refractivity contribution < 1.29 is 19.7 Å². The van der Waals surface area contributed by atoms with Gasteiger partial charge in [-0.2, -0.15) is 0 Å². The van der Waals surface area contributed by atoms with Crippen LogP contribution in [0.4, 0.5) is 0 Å². The predicted octanol–water partition coefficient (Wildman–Crippen LogP) is 1.57. The summed E-state index contributed by atoms with van der Waals surface area (Å²) < 4.78 is 5.37. The van der Waals surface area contributed by atoms with Crippen LogP contribution in [0.25, 0.3) is 0 Å². The van der Waals surface area contributed by atoms with Gasteiger partial charge in [0, 0.05) is 5.92 Å². The van der Waals surface area contributed by atoms with E-state index < -0.39 is 12.2 Å². The Labute approximate surface area is 113 Å². The second-order valence-electron chi connectivity index (χ2n) is 5.80. The molecular formula is C15H22O4. The lowest BCUT2D eigenvalue weighted by molar-refractivity contribution is -0.142. The lowest BCUT2D eigenvalue weighted by Gasteiger charge is -2.23. The van der Waals surface area contributed by atoms with Gasteiger partial charge < -0.3 is 14.9 Å². The standard InChI is InChI=1S/C15H22O4/c1-8-4-11(16)6-9(2)13(17)7-12-10(3)15(18)19-14(12)5-8/h5-6,10-14,16-17H,4,7H2,1-3H3/b8-5+,9-6+/t10-,11+,12+,13+,14-/m1/s1. The molecular weight excluding hydrogens is 244 g/mol. The zero-order chi connectivity index (χ0) is 14.2. The quantitative estimate of drug-likeness (QED) is 0.516. The van der Waals surface area contributed by atoms with Crippen molar-refractivity contribution in [3.63, 3.8) is 0 Å². The fraction of sp³-hybridized carbons (Fsp3) is 0.667. The third-order valence-electron chi connectivity index (χ3n) is 4.14. The maximum Gasteiger partial charge on any atom is 0.309 e. The molecule has 1 heterocycles. The van der Waals surface area contributed by atoms with Crippen LogP contribution in [0.3, 0.4) is 0 Å². The zero-order valence-corrected chi connectivity index (χ0v) is 11.7. The molecule has 19 heavy (non-hydrogen) atoms. The van der Waals surface area contributed by atoms with Crippen molar-refractivity contribution in [2.75, 3.05) is 0 Å². The molecule has 5 atom stereocenters. The summed E-state index contributed by atoms with van der Waals surface area (Å²) in [5.41, 5.74) is 1.76. The van der Waals surface area contributed by atoms with E-state index in [1.54, 1.807) is 6.08 Å². The molecule has 0 aromatic carbocycles. The molecule has 1 fully saturated rings. The third kappa shape index (κ3) is 3.07. The molecule has 1 saturated heterocycles. The number of hydrogen-bond donors (Lipinski definition) is 2. The van der Waals surface area contributed by atoms with Crippen molar-refractivity contribution in [1.29, 1.82) is 0 Å². The Morgan fingerprint density at radius 3 is 2.63 bits per heavy atom. The van der Waals surface area contributed by atoms with Gasteiger partial charge >= 0.3 is 5.97 Å². The lowest BCUT2D eigenvalue weighted by atomic mass is 9.83. The monoisotopic (exact) mass is 266 g/mol. The van der Waals surface area contributed by atoms with Crippen LogP contribution in [-0.4, -0.2) is 34.5 Å². The Hall–Kier alpha value is -1.13. The highest BCUT2D eigenvalue weighted by Gasteiger charge is 2.41. The van der Waals surface area contributed by atoms with Crippen LogP contribution >= 0.6 is 0 Å². The van der Waals surface area contributed by atoms with Crippen LogP contribution < -0.4 is 0 Å². The molecule has 0 unspecified atom stereocenters. The number of aliphatic hydroxyl groups is 2. The highest BCUT2D eigenvalue weighted by molar-refractivity contribution is 5.75. The van der Waals surface area contributed by atoms with E-state index in [9.17, 15) is 15.0 Å². The fourth-order valence-corrected chi connectivity index (χ4v) is 2.88. The Morgan fingerprint density at radius 2 is 1.95 bits per heavy atom. The average Bonchev–Trinajstić information content (AvgIpc) is 2.55. The Balaban J connectivity index is 2.31. The smallest absolute Gasteiger partial charge is 0.309 e. The summed E-state index contributed by atoms with van der Waals surface area (Å²) in [5.74, 6) is -0.399. The summed E-state index contributed by atoms with van der Waals surface area (Å²) in [6.07, 6.45) is 3.08. The summed E-state index contributed by atoms with van der Waals surface area (Å²) in [5, 5.41) is 20.1. The van der Waals surface area contributed by atoms with Crippen molar-refractivity contribution in [3.05, 3.63) is 23.3 Å². The Kier molecular flexibility index (Phi) is 4.11. The van der Waals surface area contributed by atoms with Crippen LogP contribution in [0.2, 0.25) is 0 Å². The Bertz CT molecular complexity index is 424. The minimum atomic E-state index is -0.633. The first-order valence-electron chi connectivity index (χ1n) is 6.80. The van der Waals surface area contributed by atoms with Gasteiger partial charge in [-0.1, -0.05) is 18.6 Å². The topological polar surface area (TPSA) is 66.8 Å². The maximum atomic E-state index is 11.7. The average molecular weight is 266 g/mol. The number of fused-ring (bicyclic) bond motifs is 1. The zero-order valence-electron chi connectivity index (χ0n) is 11.7. The first-order chi connectivity index (χ1) is 8.88. The number of hydrogen-bond acceptors (Lipinski definition) is 4. The van der Waals surface area contributed by atoms with Gasteiger partial charge in [0.05, 0.1) is 18.1 Å². The summed E-state index contributed by atoms with van der Waals surface area (Å²) in [7, 11) is 0. The van der Waals surface area contributed by atoms with Crippen molar-refractivity contribution in [3.8, 4) is 0 Å². The van der Waals surface area contributed by atoms with E-state index in [4.69, 9.17) is 4.74 Å². The van der Waals surface area contributed by atoms with E-state index in [-0.39, 0.29) is 23.9 Å². The molecule has 2 rings (SSSR count). The molecule has 4 heteroatoms. The van der Waals surface area contributed by atoms with Crippen LogP contribution in [0.5, 0.6) is 0 Å². The normalized spacial score (nSPS) is 45.5. The van der Waals surface area contributed by atoms with Crippen molar-refractivity contribution >= 4 is 5.97 Å². The first kappa shape index (κ1) is 14.3. The highest BCUT2D eigenvalue weighted by atomic mass is 16.6. The molecule has 0 aromatic rings. The molecule has 0 spiro atoms. The van der Waals surface area contributed by atoms with Gasteiger partial charge in [-0.15, -0.1) is 0 Å². The summed E-state index contributed by atoms with van der Waals surface area (Å²) in [4.78, 5) is 11.7. The van der Waals surface area contributed by atoms with E-state index in [1.165, 1.54) is 0 Å². The lowest BCUT2D eigenvalue weighted by Crippen LogP contribution is -2.26. The van der Waals surface area contributed by atoms with E-state index in [0.29, 0.717) is 12.8 Å². The molecule has 0 amide bonds. The number of carbonyl (C=O) groups is 1. The van der Waals surface area contributed by atoms with E-state index >= 15 is 0 Å². The van der Waals surface area contributed by atoms with Gasteiger partial charge in [-0.3, -0.25) is 4.79 Å². The van der Waals surface area contributed by atoms with E-state index in [2.05, 4.69) is 0 Å². The molecule has 106 valence electrons. The van der Waals surface area contributed by atoms with Crippen LogP contribution in [0, 0.1) is 11.8 Å². The molecule has 0 radical (unpaired) electrons. The fourth-order valence-electron chi connectivity index (χ4n) is 2.88. The molecule has 0 aromatic heterocycles. The molecule has 1 aliphatic heterocycles. The van der Waals surface area contributed by atoms with Crippen molar-refractivity contribution in [1.82, 2.24) is 0 Å². The van der Waals surface area contributed by atoms with Crippen LogP contribution in [0.15, 0.2) is 23.3 Å². The van der Waals surface area contributed by atoms with Crippen LogP contribution in [0.1, 0.15) is 33.6 Å². The third-order valence-corrected chi connectivity index (χ3v) is 4.14. The molecule has 2 aliphatic rings. The van der Waals surface area contributed by atoms with Crippen molar-refractivity contribution in [2.24, 2.45) is 11.8 Å². The molecule has 0 bridgehead atoms. The number of esters is 1. The van der Waals surface area contributed by atoms with Gasteiger partial charge in [0.1, 0.15) is 6.10 Å². The van der Waals surface area contributed by atoms with Gasteiger partial charge in [-0.25, -0.2) is 0 Å². The number of carbonyl (C=O) groups excluding carboxylic acids is 1. The van der Waals surface area contributed by atoms with Gasteiger partial charge in [0.2, 0.25) is 0 Å². The van der Waals surface area contributed by atoms with Gasteiger partial charge in [-0.05, 0) is 38.3 Å². The van der Waals surface area contributed by atoms with E-state index in [1.807, 2.05) is 26.8 Å². The Morgan fingerprint density at radius 1 is 1.26 bits per heavy atom. The summed E-state index contributed by atoms with van der Waals surface area (Å²) >= 11 is 0. The summed E-state index contributed by atoms with van der Waals surface area (Å²) in [6, 6.07) is 0. The van der Waals surface area contributed by atoms with E-state index in [0.717, 1.165) is 11.1 Å². The number of ether oxygens (including phenoxy) is 1. The molecule has 4 nitrogen and oxygen atoms in total. The number of rotatable bonds is 0. The van der Waals surface area contributed by atoms with Gasteiger partial charge in [0.25, 0.3) is 0 Å². The van der Waals surface area contributed by atoms with Crippen molar-refractivity contribution in [2.45, 2.75) is 51.9 Å². The largest absolute Gasteiger partial charge is 0.458 e. The predicted molar refractivity (Wildman–Crippen MR) is 71.3 cm³/mol. The number of aliphatic hydroxyl groups excluding tert-OH is 2. The van der Waals surface area contributed by atoms with Crippen LogP contribution in [-0.2, 0) is 9.53 Å². The molecule has 1 aliphatic carbocycles. The highest BCUT2D eigenvalue weighted by Crippen LogP contribution is 2.35. The molecule has 0 saturated carbocycles. The van der Waals surface area contributed by atoms with Gasteiger partial charge in [0.15, 0.2) is 0 Å². The summed E-state index contributed by atoms with van der Waals surface area (Å²) in [6.45, 7) is 5.59. The maximum absolute atomic E-state index is 11.7.